The third-order valence-corrected chi connectivity index (χ3v) is 14.0. The Hall–Kier alpha value is -7.82. The van der Waals surface area contributed by atoms with Gasteiger partial charge in [-0.1, -0.05) is 177 Å². The van der Waals surface area contributed by atoms with Crippen LogP contribution in [0.25, 0.3) is 84.3 Å². The van der Waals surface area contributed by atoms with Gasteiger partial charge in [-0.15, -0.1) is 0 Å². The van der Waals surface area contributed by atoms with Crippen molar-refractivity contribution in [3.05, 3.63) is 228 Å². The van der Waals surface area contributed by atoms with Crippen LogP contribution in [0.4, 0.5) is 0 Å². The Morgan fingerprint density at radius 3 is 1.94 bits per heavy atom. The summed E-state index contributed by atoms with van der Waals surface area (Å²) in [6.07, 6.45) is 12.9. The summed E-state index contributed by atoms with van der Waals surface area (Å²) in [6, 6.07) is 61.1. The van der Waals surface area contributed by atoms with Gasteiger partial charge in [0.2, 0.25) is 0 Å². The minimum atomic E-state index is -0.376. The molecule has 2 unspecified atom stereocenters. The average Bonchev–Trinajstić information content (AvgIpc) is 3.88. The van der Waals surface area contributed by atoms with Gasteiger partial charge in [-0.05, 0) is 88.1 Å². The van der Waals surface area contributed by atoms with Gasteiger partial charge in [-0.2, -0.15) is 0 Å². The fourth-order valence-corrected chi connectivity index (χ4v) is 11.0. The summed E-state index contributed by atoms with van der Waals surface area (Å²) in [5.41, 5.74) is 17.7. The summed E-state index contributed by atoms with van der Waals surface area (Å²) in [4.78, 5) is 10.3. The number of fused-ring (bicyclic) bond motifs is 12. The van der Waals surface area contributed by atoms with E-state index in [1.54, 1.807) is 0 Å². The lowest BCUT2D eigenvalue weighted by Crippen LogP contribution is -2.42. The predicted octanol–water partition coefficient (Wildman–Crippen LogP) is 14.9. The van der Waals surface area contributed by atoms with Crippen LogP contribution in [0.1, 0.15) is 41.4 Å². The number of benzene rings is 7. The van der Waals surface area contributed by atoms with Crippen molar-refractivity contribution in [1.82, 2.24) is 9.97 Å². The highest BCUT2D eigenvalue weighted by molar-refractivity contribution is 5.97. The molecule has 4 nitrogen and oxygen atoms in total. The summed E-state index contributed by atoms with van der Waals surface area (Å²) >= 11 is 0. The first kappa shape index (κ1) is 36.8. The Balaban J connectivity index is 0.877. The molecule has 64 heavy (non-hydrogen) atoms. The second-order valence-corrected chi connectivity index (χ2v) is 17.6. The second kappa shape index (κ2) is 14.4. The lowest BCUT2D eigenvalue weighted by atomic mass is 9.60. The number of hydrogen-bond acceptors (Lipinski definition) is 4. The molecule has 0 amide bonds. The van der Waals surface area contributed by atoms with E-state index in [4.69, 9.17) is 19.1 Å². The Bertz CT molecular complexity index is 3380. The number of para-hydroxylation sites is 1. The third kappa shape index (κ3) is 5.62. The van der Waals surface area contributed by atoms with Crippen molar-refractivity contribution in [1.29, 1.82) is 0 Å². The SMILES string of the molecule is CC1C=Cc2oc3c(-c4ccc(-c5cc(-c6ccc(-c7ccc8c(c7)C7(c9ccccc9-c9ccccc97)C7CC=CC=C7O8)cc6)nc(-c6ccccc6)n5)cc4)cccc3c2C1. The Labute approximate surface area is 372 Å². The highest BCUT2D eigenvalue weighted by Gasteiger charge is 2.55. The van der Waals surface area contributed by atoms with Crippen molar-refractivity contribution >= 4 is 17.0 Å². The molecule has 3 aliphatic carbocycles. The maximum absolute atomic E-state index is 6.77. The van der Waals surface area contributed by atoms with Gasteiger partial charge in [0.05, 0.1) is 16.8 Å². The molecule has 2 atom stereocenters. The van der Waals surface area contributed by atoms with Gasteiger partial charge in [-0.3, -0.25) is 0 Å². The number of nitrogens with zero attached hydrogens (tertiary/aromatic N) is 2. The predicted molar refractivity (Wildman–Crippen MR) is 259 cm³/mol. The van der Waals surface area contributed by atoms with Crippen molar-refractivity contribution in [3.63, 3.8) is 0 Å². The summed E-state index contributed by atoms with van der Waals surface area (Å²) in [5.74, 6) is 4.27. The molecule has 4 aliphatic rings. The Kier molecular flexibility index (Phi) is 8.26. The standard InChI is InChI=1S/C60H42N2O2/c1-37-22-32-55-48(34-37)47-17-11-16-44(58(47)64-55)39-25-29-41(30-26-39)54-36-53(61-59(62-54)42-12-3-2-4-13-42)40-27-23-38(24-28-40)43-31-33-57-52(35-43)60(51-20-9-10-21-56(51)63-57)49-18-7-5-14-45(49)46-15-6-8-19-50(46)60/h2-19,21-33,35-37,51H,20,34H2,1H3. The second-order valence-electron chi connectivity index (χ2n) is 17.6. The zero-order valence-electron chi connectivity index (χ0n) is 35.3. The number of hydrogen-bond donors (Lipinski definition) is 0. The van der Waals surface area contributed by atoms with Crippen LogP contribution in [0.2, 0.25) is 0 Å². The molecule has 0 radical (unpaired) electrons. The highest BCUT2D eigenvalue weighted by Crippen LogP contribution is 2.63. The van der Waals surface area contributed by atoms with Crippen molar-refractivity contribution < 1.29 is 9.15 Å². The van der Waals surface area contributed by atoms with Crippen molar-refractivity contribution in [3.8, 4) is 73.0 Å². The third-order valence-electron chi connectivity index (χ3n) is 14.0. The first-order valence-electron chi connectivity index (χ1n) is 22.4. The molecule has 0 bridgehead atoms. The molecule has 9 aromatic rings. The maximum atomic E-state index is 6.77. The molecule has 1 aliphatic heterocycles. The Morgan fingerprint density at radius 1 is 0.562 bits per heavy atom. The van der Waals surface area contributed by atoms with E-state index in [2.05, 4.69) is 189 Å². The lowest BCUT2D eigenvalue weighted by molar-refractivity contribution is 0.253. The first-order chi connectivity index (χ1) is 31.6. The smallest absolute Gasteiger partial charge is 0.160 e. The molecular formula is C60H42N2O2. The van der Waals surface area contributed by atoms with Gasteiger partial charge in [-0.25, -0.2) is 9.97 Å². The minimum absolute atomic E-state index is 0.145. The molecule has 2 aromatic heterocycles. The topological polar surface area (TPSA) is 48.2 Å². The van der Waals surface area contributed by atoms with E-state index in [9.17, 15) is 0 Å². The number of rotatable bonds is 5. The molecule has 7 aromatic carbocycles. The Morgan fingerprint density at radius 2 is 1.20 bits per heavy atom. The highest BCUT2D eigenvalue weighted by atomic mass is 16.5. The summed E-state index contributed by atoms with van der Waals surface area (Å²) in [5, 5.41) is 1.20. The van der Waals surface area contributed by atoms with Crippen LogP contribution in [0, 0.1) is 11.8 Å². The molecule has 0 saturated heterocycles. The molecule has 304 valence electrons. The van der Waals surface area contributed by atoms with Crippen LogP contribution < -0.4 is 4.74 Å². The minimum Gasteiger partial charge on any atom is -0.461 e. The van der Waals surface area contributed by atoms with Crippen LogP contribution in [0.5, 0.6) is 5.75 Å². The number of ether oxygens (including phenoxy) is 1. The van der Waals surface area contributed by atoms with Crippen LogP contribution in [-0.4, -0.2) is 9.97 Å². The summed E-state index contributed by atoms with van der Waals surface area (Å²) in [6.45, 7) is 2.26. The first-order valence-corrected chi connectivity index (χ1v) is 22.4. The van der Waals surface area contributed by atoms with Crippen LogP contribution in [0.15, 0.2) is 204 Å². The lowest BCUT2D eigenvalue weighted by Gasteiger charge is -2.46. The van der Waals surface area contributed by atoms with E-state index in [0.29, 0.717) is 11.7 Å². The van der Waals surface area contributed by atoms with Crippen LogP contribution in [0.3, 0.4) is 0 Å². The van der Waals surface area contributed by atoms with Gasteiger partial charge in [0, 0.05) is 44.7 Å². The molecule has 3 heterocycles. The molecule has 0 N–H and O–H groups in total. The van der Waals surface area contributed by atoms with E-state index in [-0.39, 0.29) is 11.3 Å². The summed E-state index contributed by atoms with van der Waals surface area (Å²) in [7, 11) is 0. The monoisotopic (exact) mass is 822 g/mol. The van der Waals surface area contributed by atoms with Gasteiger partial charge in [0.1, 0.15) is 22.9 Å². The van der Waals surface area contributed by atoms with Crippen LogP contribution in [-0.2, 0) is 11.8 Å². The van der Waals surface area contributed by atoms with Crippen molar-refractivity contribution in [2.75, 3.05) is 0 Å². The molecule has 4 heteroatoms. The largest absolute Gasteiger partial charge is 0.461 e. The van der Waals surface area contributed by atoms with Crippen LogP contribution >= 0.6 is 0 Å². The van der Waals surface area contributed by atoms with Gasteiger partial charge < -0.3 is 9.15 Å². The fraction of sp³-hybridized carbons (Fsp3) is 0.100. The molecule has 0 saturated carbocycles. The molecular weight excluding hydrogens is 781 g/mol. The van der Waals surface area contributed by atoms with E-state index < -0.39 is 0 Å². The van der Waals surface area contributed by atoms with Gasteiger partial charge in [0.25, 0.3) is 0 Å². The van der Waals surface area contributed by atoms with Crippen molar-refractivity contribution in [2.24, 2.45) is 11.8 Å². The normalized spacial score (nSPS) is 17.2. The van der Waals surface area contributed by atoms with Gasteiger partial charge >= 0.3 is 0 Å². The molecule has 13 rings (SSSR count). The molecule has 0 fully saturated rings. The quantitative estimate of drug-likeness (QED) is 0.173. The van der Waals surface area contributed by atoms with Crippen molar-refractivity contribution in [2.45, 2.75) is 25.2 Å². The van der Waals surface area contributed by atoms with E-state index in [0.717, 1.165) is 86.0 Å². The molecule has 1 spiro atoms. The number of furan rings is 1. The average molecular weight is 823 g/mol. The fourth-order valence-electron chi connectivity index (χ4n) is 11.0. The zero-order chi connectivity index (χ0) is 42.4. The number of allylic oxidation sites excluding steroid dienone is 5. The maximum Gasteiger partial charge on any atom is 0.160 e. The number of aromatic nitrogens is 2. The zero-order valence-corrected chi connectivity index (χ0v) is 35.3. The van der Waals surface area contributed by atoms with E-state index in [1.807, 2.05) is 18.2 Å². The van der Waals surface area contributed by atoms with E-state index >= 15 is 0 Å². The van der Waals surface area contributed by atoms with Gasteiger partial charge in [0.15, 0.2) is 5.82 Å². The van der Waals surface area contributed by atoms with E-state index in [1.165, 1.54) is 38.8 Å². The summed E-state index contributed by atoms with van der Waals surface area (Å²) < 4.78 is 13.2.